The molecule has 1 aromatic rings. The van der Waals surface area contributed by atoms with Crippen molar-refractivity contribution in [2.45, 2.75) is 33.1 Å². The molecule has 6 nitrogen and oxygen atoms in total. The van der Waals surface area contributed by atoms with Crippen molar-refractivity contribution in [1.29, 1.82) is 0 Å². The Labute approximate surface area is 142 Å². The molecule has 0 aromatic carbocycles. The second-order valence-corrected chi connectivity index (χ2v) is 6.49. The maximum Gasteiger partial charge on any atom is 0.311 e. The minimum Gasteiger partial charge on any atom is -0.481 e. The normalized spacial score (nSPS) is 20.4. The second-order valence-electron chi connectivity index (χ2n) is 6.49. The largest absolute Gasteiger partial charge is 0.481 e. The Morgan fingerprint density at radius 1 is 1.46 bits per heavy atom. The quantitative estimate of drug-likeness (QED) is 0.839. The van der Waals surface area contributed by atoms with Gasteiger partial charge in [0.1, 0.15) is 0 Å². The number of hydrogen-bond acceptors (Lipinski definition) is 4. The van der Waals surface area contributed by atoms with Crippen molar-refractivity contribution in [2.75, 3.05) is 20.2 Å². The summed E-state index contributed by atoms with van der Waals surface area (Å²) in [4.78, 5) is 30.3. The number of allylic oxidation sites excluding steroid dienone is 2. The Morgan fingerprint density at radius 2 is 2.21 bits per heavy atom. The van der Waals surface area contributed by atoms with Gasteiger partial charge in [-0.2, -0.15) is 0 Å². The summed E-state index contributed by atoms with van der Waals surface area (Å²) in [6, 6.07) is 3.20. The zero-order valence-corrected chi connectivity index (χ0v) is 14.4. The van der Waals surface area contributed by atoms with Crippen molar-refractivity contribution < 1.29 is 19.4 Å². The van der Waals surface area contributed by atoms with Crippen LogP contribution in [0.1, 0.15) is 43.5 Å². The summed E-state index contributed by atoms with van der Waals surface area (Å²) in [6.07, 6.45) is 5.15. The Balaban J connectivity index is 2.22. The highest BCUT2D eigenvalue weighted by atomic mass is 16.5. The first-order chi connectivity index (χ1) is 11.4. The number of ether oxygens (including phenoxy) is 1. The van der Waals surface area contributed by atoms with Gasteiger partial charge in [0.25, 0.3) is 5.91 Å². The van der Waals surface area contributed by atoms with Crippen LogP contribution in [0.5, 0.6) is 5.88 Å². The van der Waals surface area contributed by atoms with Gasteiger partial charge in [-0.25, -0.2) is 4.98 Å². The topological polar surface area (TPSA) is 79.7 Å². The number of aromatic nitrogens is 1. The van der Waals surface area contributed by atoms with Gasteiger partial charge in [0, 0.05) is 30.9 Å². The molecular weight excluding hydrogens is 308 g/mol. The van der Waals surface area contributed by atoms with Crippen LogP contribution in [0.15, 0.2) is 30.0 Å². The molecule has 0 saturated carbocycles. The number of nitrogens with zero attached hydrogens (tertiary/aromatic N) is 2. The fraction of sp³-hybridized carbons (Fsp3) is 0.500. The van der Waals surface area contributed by atoms with Gasteiger partial charge >= 0.3 is 5.97 Å². The van der Waals surface area contributed by atoms with Crippen molar-refractivity contribution in [1.82, 2.24) is 9.88 Å². The van der Waals surface area contributed by atoms with Gasteiger partial charge in [-0.15, -0.1) is 0 Å². The van der Waals surface area contributed by atoms with E-state index in [-0.39, 0.29) is 12.5 Å². The fourth-order valence-electron chi connectivity index (χ4n) is 2.97. The van der Waals surface area contributed by atoms with Crippen molar-refractivity contribution in [3.8, 4) is 5.88 Å². The molecule has 1 amide bonds. The lowest BCUT2D eigenvalue weighted by molar-refractivity contribution is -0.151. The fourth-order valence-corrected chi connectivity index (χ4v) is 2.97. The summed E-state index contributed by atoms with van der Waals surface area (Å²) in [5.74, 6) is -0.657. The minimum atomic E-state index is -0.914. The number of carboxylic acid groups (broad SMARTS) is 1. The van der Waals surface area contributed by atoms with Gasteiger partial charge in [-0.3, -0.25) is 9.59 Å². The second kappa shape index (κ2) is 7.47. The molecule has 0 bridgehead atoms. The average Bonchev–Trinajstić information content (AvgIpc) is 2.59. The van der Waals surface area contributed by atoms with E-state index in [1.165, 1.54) is 13.3 Å². The number of piperidine rings is 1. The first kappa shape index (κ1) is 18.0. The Morgan fingerprint density at radius 3 is 2.83 bits per heavy atom. The molecule has 2 heterocycles. The van der Waals surface area contributed by atoms with Crippen LogP contribution in [-0.2, 0) is 4.79 Å². The van der Waals surface area contributed by atoms with E-state index in [1.807, 2.05) is 19.9 Å². The van der Waals surface area contributed by atoms with E-state index in [1.54, 1.807) is 17.0 Å². The van der Waals surface area contributed by atoms with Gasteiger partial charge in [-0.05, 0) is 39.2 Å². The van der Waals surface area contributed by atoms with E-state index in [2.05, 4.69) is 4.98 Å². The molecule has 1 N–H and O–H groups in total. The highest BCUT2D eigenvalue weighted by Crippen LogP contribution is 2.35. The number of hydrogen-bond donors (Lipinski definition) is 1. The number of carbonyl (C=O) groups excluding carboxylic acids is 1. The number of carbonyl (C=O) groups is 2. The molecular formula is C18H24N2O4. The molecule has 130 valence electrons. The SMILES string of the molecule is COc1cc(C(=O)N2CCC[C@@](CC=C(C)C)(C(=O)O)C2)ccn1. The Bertz CT molecular complexity index is 652. The molecule has 0 spiro atoms. The van der Waals surface area contributed by atoms with Gasteiger partial charge in [-0.1, -0.05) is 11.6 Å². The zero-order chi connectivity index (χ0) is 17.7. The number of amides is 1. The molecule has 1 aliphatic heterocycles. The summed E-state index contributed by atoms with van der Waals surface area (Å²) in [6.45, 7) is 4.68. The summed E-state index contributed by atoms with van der Waals surface area (Å²) in [5.41, 5.74) is 0.630. The van der Waals surface area contributed by atoms with Gasteiger partial charge in [0.15, 0.2) is 0 Å². The molecule has 1 saturated heterocycles. The molecule has 2 rings (SSSR count). The highest BCUT2D eigenvalue weighted by Gasteiger charge is 2.42. The van der Waals surface area contributed by atoms with Crippen LogP contribution in [0.2, 0.25) is 0 Å². The molecule has 1 fully saturated rings. The lowest BCUT2D eigenvalue weighted by Crippen LogP contribution is -2.49. The van der Waals surface area contributed by atoms with Crippen LogP contribution in [0.4, 0.5) is 0 Å². The molecule has 1 atom stereocenters. The van der Waals surface area contributed by atoms with Crippen LogP contribution in [0.25, 0.3) is 0 Å². The molecule has 24 heavy (non-hydrogen) atoms. The maximum atomic E-state index is 12.8. The maximum absolute atomic E-state index is 12.8. The minimum absolute atomic E-state index is 0.182. The Kier molecular flexibility index (Phi) is 5.59. The molecule has 6 heteroatoms. The van der Waals surface area contributed by atoms with Crippen LogP contribution >= 0.6 is 0 Å². The smallest absolute Gasteiger partial charge is 0.311 e. The van der Waals surface area contributed by atoms with Crippen LogP contribution < -0.4 is 4.74 Å². The summed E-state index contributed by atoms with van der Waals surface area (Å²) in [5, 5.41) is 9.76. The monoisotopic (exact) mass is 332 g/mol. The number of carboxylic acids is 1. The van der Waals surface area contributed by atoms with Gasteiger partial charge < -0.3 is 14.7 Å². The number of rotatable bonds is 5. The third-order valence-corrected chi connectivity index (χ3v) is 4.41. The van der Waals surface area contributed by atoms with Crippen molar-refractivity contribution >= 4 is 11.9 Å². The van der Waals surface area contributed by atoms with E-state index in [4.69, 9.17) is 4.74 Å². The third kappa shape index (κ3) is 3.93. The van der Waals surface area contributed by atoms with Gasteiger partial charge in [0.05, 0.1) is 12.5 Å². The lowest BCUT2D eigenvalue weighted by Gasteiger charge is -2.39. The van der Waals surface area contributed by atoms with E-state index >= 15 is 0 Å². The molecule has 0 radical (unpaired) electrons. The van der Waals surface area contributed by atoms with Crippen LogP contribution in [0.3, 0.4) is 0 Å². The molecule has 0 unspecified atom stereocenters. The van der Waals surface area contributed by atoms with E-state index in [0.717, 1.165) is 5.57 Å². The van der Waals surface area contributed by atoms with E-state index in [0.29, 0.717) is 37.3 Å². The summed E-state index contributed by atoms with van der Waals surface area (Å²) in [7, 11) is 1.49. The van der Waals surface area contributed by atoms with Crippen molar-refractivity contribution in [3.05, 3.63) is 35.5 Å². The Hall–Kier alpha value is -2.37. The first-order valence-electron chi connectivity index (χ1n) is 8.04. The summed E-state index contributed by atoms with van der Waals surface area (Å²) >= 11 is 0. The molecule has 1 aliphatic rings. The highest BCUT2D eigenvalue weighted by molar-refractivity contribution is 5.95. The predicted molar refractivity (Wildman–Crippen MR) is 90.0 cm³/mol. The number of likely N-dealkylation sites (tertiary alicyclic amines) is 1. The van der Waals surface area contributed by atoms with Crippen molar-refractivity contribution in [3.63, 3.8) is 0 Å². The standard InChI is InChI=1S/C18H24N2O4/c1-13(2)5-8-18(17(22)23)7-4-10-20(12-18)16(21)14-6-9-19-15(11-14)24-3/h5-6,9,11H,4,7-8,10,12H2,1-3H3,(H,22,23)/t18-/m0/s1. The van der Waals surface area contributed by atoms with Gasteiger partial charge in [0.2, 0.25) is 5.88 Å². The number of aliphatic carboxylic acids is 1. The van der Waals surface area contributed by atoms with Crippen molar-refractivity contribution in [2.24, 2.45) is 5.41 Å². The predicted octanol–water partition coefficient (Wildman–Crippen LogP) is 2.75. The zero-order valence-electron chi connectivity index (χ0n) is 14.4. The number of methoxy groups -OCH3 is 1. The molecule has 0 aliphatic carbocycles. The lowest BCUT2D eigenvalue weighted by atomic mass is 9.76. The summed E-state index contributed by atoms with van der Waals surface area (Å²) < 4.78 is 5.05. The molecule has 1 aromatic heterocycles. The number of pyridine rings is 1. The van der Waals surface area contributed by atoms with Crippen LogP contribution in [-0.4, -0.2) is 47.1 Å². The van der Waals surface area contributed by atoms with Crippen LogP contribution in [0, 0.1) is 5.41 Å². The average molecular weight is 332 g/mol. The van der Waals surface area contributed by atoms with E-state index in [9.17, 15) is 14.7 Å². The van der Waals surface area contributed by atoms with E-state index < -0.39 is 11.4 Å². The third-order valence-electron chi connectivity index (χ3n) is 4.41. The first-order valence-corrected chi connectivity index (χ1v) is 8.04.